The lowest BCUT2D eigenvalue weighted by Gasteiger charge is -2.27. The molecular formula is C23H25N3O5. The second kappa shape index (κ2) is 8.95. The first kappa shape index (κ1) is 19.8. The SMILES string of the molecule is O=C(CN(Cc1ccco1)CC1CCCO1)N1N=C(c2ccco2)CC1c1ccco1. The smallest absolute Gasteiger partial charge is 0.257 e. The molecule has 2 aliphatic heterocycles. The van der Waals surface area contributed by atoms with E-state index in [1.54, 1.807) is 18.8 Å². The third-order valence-electron chi connectivity index (χ3n) is 5.65. The number of hydrogen-bond acceptors (Lipinski definition) is 7. The molecule has 31 heavy (non-hydrogen) atoms. The highest BCUT2D eigenvalue weighted by Gasteiger charge is 2.36. The molecule has 8 nitrogen and oxygen atoms in total. The van der Waals surface area contributed by atoms with E-state index < -0.39 is 0 Å². The summed E-state index contributed by atoms with van der Waals surface area (Å²) in [5.41, 5.74) is 0.733. The van der Waals surface area contributed by atoms with E-state index in [4.69, 9.17) is 18.0 Å². The second-order valence-electron chi connectivity index (χ2n) is 7.88. The quantitative estimate of drug-likeness (QED) is 0.548. The lowest BCUT2D eigenvalue weighted by Crippen LogP contribution is -2.41. The molecular weight excluding hydrogens is 398 g/mol. The Morgan fingerprint density at radius 2 is 1.94 bits per heavy atom. The van der Waals surface area contributed by atoms with Crippen LogP contribution >= 0.6 is 0 Å². The molecule has 2 unspecified atom stereocenters. The van der Waals surface area contributed by atoms with E-state index in [2.05, 4.69) is 10.0 Å². The number of amides is 1. The van der Waals surface area contributed by atoms with Crippen LogP contribution in [0.25, 0.3) is 0 Å². The minimum atomic E-state index is -0.296. The fraction of sp³-hybridized carbons (Fsp3) is 0.391. The largest absolute Gasteiger partial charge is 0.468 e. The van der Waals surface area contributed by atoms with Crippen LogP contribution in [0, 0.1) is 0 Å². The van der Waals surface area contributed by atoms with Crippen LogP contribution < -0.4 is 0 Å². The van der Waals surface area contributed by atoms with Gasteiger partial charge in [-0.05, 0) is 49.2 Å². The average molecular weight is 423 g/mol. The van der Waals surface area contributed by atoms with Crippen molar-refractivity contribution in [1.82, 2.24) is 9.91 Å². The van der Waals surface area contributed by atoms with Crippen LogP contribution in [0.15, 0.2) is 73.5 Å². The molecule has 8 heteroatoms. The van der Waals surface area contributed by atoms with Crippen LogP contribution in [-0.2, 0) is 16.1 Å². The van der Waals surface area contributed by atoms with Gasteiger partial charge in [0.25, 0.3) is 5.91 Å². The van der Waals surface area contributed by atoms with Gasteiger partial charge in [-0.15, -0.1) is 0 Å². The minimum Gasteiger partial charge on any atom is -0.468 e. The van der Waals surface area contributed by atoms with Gasteiger partial charge in [0.15, 0.2) is 0 Å². The number of hydrogen-bond donors (Lipinski definition) is 0. The molecule has 1 amide bonds. The Kier molecular flexibility index (Phi) is 5.73. The van der Waals surface area contributed by atoms with E-state index in [0.29, 0.717) is 31.0 Å². The van der Waals surface area contributed by atoms with Crippen LogP contribution in [0.2, 0.25) is 0 Å². The summed E-state index contributed by atoms with van der Waals surface area (Å²) in [7, 11) is 0. The van der Waals surface area contributed by atoms with Gasteiger partial charge < -0.3 is 18.0 Å². The summed E-state index contributed by atoms with van der Waals surface area (Å²) in [5, 5.41) is 6.14. The van der Waals surface area contributed by atoms with Crippen molar-refractivity contribution >= 4 is 11.6 Å². The molecule has 162 valence electrons. The minimum absolute atomic E-state index is 0.104. The number of carbonyl (C=O) groups is 1. The van der Waals surface area contributed by atoms with Gasteiger partial charge in [-0.3, -0.25) is 9.69 Å². The summed E-state index contributed by atoms with van der Waals surface area (Å²) < 4.78 is 22.5. The fourth-order valence-corrected chi connectivity index (χ4v) is 4.18. The Morgan fingerprint density at radius 3 is 2.65 bits per heavy atom. The maximum absolute atomic E-state index is 13.4. The normalized spacial score (nSPS) is 21.2. The first-order valence-corrected chi connectivity index (χ1v) is 10.6. The highest BCUT2D eigenvalue weighted by atomic mass is 16.5. The standard InChI is InChI=1S/C23H25N3O5/c27-23(16-25(14-17-5-1-9-28-17)15-18-6-2-10-29-18)26-20(22-8-4-12-31-22)13-19(24-26)21-7-3-11-30-21/h1,3-5,7-9,11-12,18,20H,2,6,10,13-16H2. The van der Waals surface area contributed by atoms with Gasteiger partial charge in [-0.2, -0.15) is 5.10 Å². The van der Waals surface area contributed by atoms with E-state index in [1.807, 2.05) is 36.4 Å². The predicted octanol–water partition coefficient (Wildman–Crippen LogP) is 3.82. The molecule has 2 aliphatic rings. The first-order valence-electron chi connectivity index (χ1n) is 10.6. The number of furan rings is 3. The molecule has 0 bridgehead atoms. The third-order valence-corrected chi connectivity index (χ3v) is 5.65. The van der Waals surface area contributed by atoms with E-state index in [-0.39, 0.29) is 24.6 Å². The summed E-state index contributed by atoms with van der Waals surface area (Å²) in [5.74, 6) is 2.08. The van der Waals surface area contributed by atoms with Crippen LogP contribution in [0.1, 0.15) is 42.6 Å². The predicted molar refractivity (Wildman–Crippen MR) is 111 cm³/mol. The van der Waals surface area contributed by atoms with Gasteiger partial charge in [-0.25, -0.2) is 5.01 Å². The van der Waals surface area contributed by atoms with E-state index >= 15 is 0 Å². The number of ether oxygens (including phenoxy) is 1. The molecule has 2 atom stereocenters. The molecule has 0 aliphatic carbocycles. The Labute approximate surface area is 180 Å². The van der Waals surface area contributed by atoms with Crippen molar-refractivity contribution in [3.8, 4) is 0 Å². The summed E-state index contributed by atoms with van der Waals surface area (Å²) in [4.78, 5) is 15.5. The Balaban J connectivity index is 1.35. The van der Waals surface area contributed by atoms with E-state index in [9.17, 15) is 4.79 Å². The van der Waals surface area contributed by atoms with E-state index in [1.165, 1.54) is 5.01 Å². The highest BCUT2D eigenvalue weighted by Crippen LogP contribution is 2.33. The molecule has 3 aromatic rings. The molecule has 0 saturated carbocycles. The molecule has 0 aromatic carbocycles. The van der Waals surface area contributed by atoms with Gasteiger partial charge in [-0.1, -0.05) is 0 Å². The zero-order chi connectivity index (χ0) is 21.0. The highest BCUT2D eigenvalue weighted by molar-refractivity contribution is 6.01. The van der Waals surface area contributed by atoms with Crippen molar-refractivity contribution in [3.63, 3.8) is 0 Å². The molecule has 0 radical (unpaired) electrons. The maximum atomic E-state index is 13.4. The van der Waals surface area contributed by atoms with Gasteiger partial charge in [0, 0.05) is 19.6 Å². The van der Waals surface area contributed by atoms with Crippen LogP contribution in [0.5, 0.6) is 0 Å². The van der Waals surface area contributed by atoms with Crippen molar-refractivity contribution in [1.29, 1.82) is 0 Å². The molecule has 3 aromatic heterocycles. The number of nitrogens with zero attached hydrogens (tertiary/aromatic N) is 3. The van der Waals surface area contributed by atoms with E-state index in [0.717, 1.165) is 30.9 Å². The van der Waals surface area contributed by atoms with Crippen molar-refractivity contribution in [2.24, 2.45) is 5.10 Å². The summed E-state index contributed by atoms with van der Waals surface area (Å²) in [6, 6.07) is 10.8. The van der Waals surface area contributed by atoms with Crippen LogP contribution in [0.4, 0.5) is 0 Å². The topological polar surface area (TPSA) is 84.6 Å². The summed E-state index contributed by atoms with van der Waals surface area (Å²) in [6.07, 6.45) is 7.59. The third kappa shape index (κ3) is 4.50. The van der Waals surface area contributed by atoms with Gasteiger partial charge in [0.2, 0.25) is 0 Å². The van der Waals surface area contributed by atoms with Crippen molar-refractivity contribution in [2.75, 3.05) is 19.7 Å². The van der Waals surface area contributed by atoms with Crippen LogP contribution in [0.3, 0.4) is 0 Å². The van der Waals surface area contributed by atoms with Gasteiger partial charge >= 0.3 is 0 Å². The molecule has 5 rings (SSSR count). The van der Waals surface area contributed by atoms with Crippen LogP contribution in [-0.4, -0.2) is 47.3 Å². The van der Waals surface area contributed by atoms with Crippen molar-refractivity contribution in [3.05, 3.63) is 72.5 Å². The first-order chi connectivity index (χ1) is 15.3. The fourth-order valence-electron chi connectivity index (χ4n) is 4.18. The van der Waals surface area contributed by atoms with Gasteiger partial charge in [0.05, 0.1) is 38.0 Å². The monoisotopic (exact) mass is 423 g/mol. The molecule has 0 N–H and O–H groups in total. The van der Waals surface area contributed by atoms with Crippen molar-refractivity contribution < 1.29 is 22.8 Å². The summed E-state index contributed by atoms with van der Waals surface area (Å²) >= 11 is 0. The molecule has 1 saturated heterocycles. The Bertz CT molecular complexity index is 988. The second-order valence-corrected chi connectivity index (χ2v) is 7.88. The zero-order valence-corrected chi connectivity index (χ0v) is 17.2. The lowest BCUT2D eigenvalue weighted by atomic mass is 10.1. The van der Waals surface area contributed by atoms with Crippen molar-refractivity contribution in [2.45, 2.75) is 38.0 Å². The Hall–Kier alpha value is -3.10. The number of hydrazone groups is 1. The molecule has 5 heterocycles. The number of rotatable bonds is 8. The Morgan fingerprint density at radius 1 is 1.10 bits per heavy atom. The number of carbonyl (C=O) groups excluding carboxylic acids is 1. The molecule has 0 spiro atoms. The average Bonchev–Trinajstić information content (AvgIpc) is 3.59. The maximum Gasteiger partial charge on any atom is 0.257 e. The zero-order valence-electron chi connectivity index (χ0n) is 17.2. The van der Waals surface area contributed by atoms with Gasteiger partial charge in [0.1, 0.15) is 29.0 Å². The lowest BCUT2D eigenvalue weighted by molar-refractivity contribution is -0.135. The summed E-state index contributed by atoms with van der Waals surface area (Å²) in [6.45, 7) is 2.18. The molecule has 1 fully saturated rings.